The van der Waals surface area contributed by atoms with Crippen molar-refractivity contribution in [2.75, 3.05) is 13.7 Å². The molecule has 2 atom stereocenters. The van der Waals surface area contributed by atoms with Crippen LogP contribution in [-0.2, 0) is 18.3 Å². The van der Waals surface area contributed by atoms with Crippen molar-refractivity contribution in [1.82, 2.24) is 20.1 Å². The van der Waals surface area contributed by atoms with Crippen LogP contribution < -0.4 is 10.1 Å². The molecule has 0 bridgehead atoms. The van der Waals surface area contributed by atoms with Gasteiger partial charge in [0.2, 0.25) is 5.91 Å². The van der Waals surface area contributed by atoms with Crippen LogP contribution in [0.15, 0.2) is 24.3 Å². The Kier molecular flexibility index (Phi) is 4.47. The average Bonchev–Trinajstić information content (AvgIpc) is 3.31. The fourth-order valence-corrected chi connectivity index (χ4v) is 2.98. The highest BCUT2D eigenvalue weighted by atomic mass is 32.1. The number of carbonyl (C=O) groups is 1. The average molecular weight is 332 g/mol. The zero-order valence-corrected chi connectivity index (χ0v) is 14.0. The Hall–Kier alpha value is -2.15. The van der Waals surface area contributed by atoms with Crippen molar-refractivity contribution in [2.24, 2.45) is 13.0 Å². The van der Waals surface area contributed by atoms with E-state index < -0.39 is 0 Å². The molecule has 0 saturated heterocycles. The third-order valence-electron chi connectivity index (χ3n) is 4.29. The zero-order valence-electron chi connectivity index (χ0n) is 13.2. The molecule has 1 amide bonds. The van der Waals surface area contributed by atoms with Gasteiger partial charge in [-0.05, 0) is 36.2 Å². The number of nitrogens with zero attached hydrogens (tertiary/aromatic N) is 2. The lowest BCUT2D eigenvalue weighted by Gasteiger charge is -2.08. The first-order valence-electron chi connectivity index (χ1n) is 7.62. The van der Waals surface area contributed by atoms with Gasteiger partial charge < -0.3 is 14.6 Å². The number of carbonyl (C=O) groups excluding carboxylic acids is 1. The monoisotopic (exact) mass is 332 g/mol. The minimum Gasteiger partial charge on any atom is -0.496 e. The number of rotatable bonds is 6. The summed E-state index contributed by atoms with van der Waals surface area (Å²) < 4.78 is 7.78. The van der Waals surface area contributed by atoms with Gasteiger partial charge in [0.15, 0.2) is 4.77 Å². The van der Waals surface area contributed by atoms with E-state index >= 15 is 0 Å². The fraction of sp³-hybridized carbons (Fsp3) is 0.438. The summed E-state index contributed by atoms with van der Waals surface area (Å²) in [6, 6.07) is 7.89. The standard InChI is InChI=1S/C16H20N4O2S/c1-20-14(18-19-16(20)23)7-8-17-15(21)12-9-11(12)10-5-3-4-6-13(10)22-2/h3-6,11-12H,7-9H2,1-2H3,(H,17,21)(H,19,23)/t11-,12-/m1/s1. The summed E-state index contributed by atoms with van der Waals surface area (Å²) in [6.45, 7) is 0.557. The van der Waals surface area contributed by atoms with Gasteiger partial charge in [0.1, 0.15) is 11.6 Å². The summed E-state index contributed by atoms with van der Waals surface area (Å²) in [6.07, 6.45) is 1.53. The van der Waals surface area contributed by atoms with Crippen molar-refractivity contribution in [3.8, 4) is 5.75 Å². The topological polar surface area (TPSA) is 71.9 Å². The number of H-pyrrole nitrogens is 1. The third kappa shape index (κ3) is 3.29. The summed E-state index contributed by atoms with van der Waals surface area (Å²) in [5.74, 6) is 2.08. The SMILES string of the molecule is COc1ccccc1[C@H]1C[C@H]1C(=O)NCCc1n[nH]c(=S)n1C. The lowest BCUT2D eigenvalue weighted by Crippen LogP contribution is -2.28. The van der Waals surface area contributed by atoms with Gasteiger partial charge in [-0.25, -0.2) is 0 Å². The highest BCUT2D eigenvalue weighted by molar-refractivity contribution is 7.71. The molecule has 23 heavy (non-hydrogen) atoms. The maximum atomic E-state index is 12.3. The van der Waals surface area contributed by atoms with Crippen molar-refractivity contribution in [1.29, 1.82) is 0 Å². The van der Waals surface area contributed by atoms with Gasteiger partial charge in [0, 0.05) is 25.9 Å². The second-order valence-corrected chi connectivity index (χ2v) is 6.12. The summed E-state index contributed by atoms with van der Waals surface area (Å²) >= 11 is 5.07. The summed E-state index contributed by atoms with van der Waals surface area (Å²) in [7, 11) is 3.52. The number of hydrogen-bond acceptors (Lipinski definition) is 4. The van der Waals surface area contributed by atoms with E-state index in [4.69, 9.17) is 17.0 Å². The van der Waals surface area contributed by atoms with E-state index in [1.54, 1.807) is 7.11 Å². The molecular weight excluding hydrogens is 312 g/mol. The van der Waals surface area contributed by atoms with Crippen LogP contribution in [-0.4, -0.2) is 34.3 Å². The first-order valence-corrected chi connectivity index (χ1v) is 8.03. The first kappa shape index (κ1) is 15.7. The minimum absolute atomic E-state index is 0.0359. The molecule has 1 aromatic carbocycles. The van der Waals surface area contributed by atoms with Crippen molar-refractivity contribution >= 4 is 18.1 Å². The largest absolute Gasteiger partial charge is 0.496 e. The molecule has 6 nitrogen and oxygen atoms in total. The smallest absolute Gasteiger partial charge is 0.223 e. The molecule has 1 aromatic heterocycles. The molecule has 2 N–H and O–H groups in total. The van der Waals surface area contributed by atoms with E-state index in [0.717, 1.165) is 23.6 Å². The molecule has 1 aliphatic carbocycles. The molecule has 7 heteroatoms. The second-order valence-electron chi connectivity index (χ2n) is 5.74. The van der Waals surface area contributed by atoms with E-state index in [9.17, 15) is 4.79 Å². The van der Waals surface area contributed by atoms with Crippen LogP contribution >= 0.6 is 12.2 Å². The molecule has 1 aliphatic rings. The number of amides is 1. The normalized spacial score (nSPS) is 19.4. The number of hydrogen-bond donors (Lipinski definition) is 2. The number of methoxy groups -OCH3 is 1. The van der Waals surface area contributed by atoms with Gasteiger partial charge in [-0.1, -0.05) is 18.2 Å². The van der Waals surface area contributed by atoms with E-state index in [1.807, 2.05) is 35.9 Å². The molecule has 0 spiro atoms. The maximum absolute atomic E-state index is 12.3. The van der Waals surface area contributed by atoms with Crippen molar-refractivity contribution in [3.63, 3.8) is 0 Å². The Morgan fingerprint density at radius 3 is 3.00 bits per heavy atom. The van der Waals surface area contributed by atoms with Crippen LogP contribution in [0.2, 0.25) is 0 Å². The number of benzene rings is 1. The third-order valence-corrected chi connectivity index (χ3v) is 4.65. The van der Waals surface area contributed by atoms with Crippen LogP contribution in [0.1, 0.15) is 23.7 Å². The number of aromatic nitrogens is 3. The van der Waals surface area contributed by atoms with Crippen molar-refractivity contribution < 1.29 is 9.53 Å². The second kappa shape index (κ2) is 6.54. The lowest BCUT2D eigenvalue weighted by molar-refractivity contribution is -0.122. The Labute approximate surface area is 139 Å². The highest BCUT2D eigenvalue weighted by Gasteiger charge is 2.45. The number of nitrogens with one attached hydrogen (secondary N) is 2. The lowest BCUT2D eigenvalue weighted by atomic mass is 10.1. The Bertz CT molecular complexity index is 767. The van der Waals surface area contributed by atoms with Crippen molar-refractivity contribution in [3.05, 3.63) is 40.4 Å². The van der Waals surface area contributed by atoms with Gasteiger partial charge in [0.25, 0.3) is 0 Å². The van der Waals surface area contributed by atoms with Gasteiger partial charge in [-0.2, -0.15) is 5.10 Å². The van der Waals surface area contributed by atoms with Crippen LogP contribution in [0.4, 0.5) is 0 Å². The van der Waals surface area contributed by atoms with E-state index in [1.165, 1.54) is 0 Å². The molecule has 0 unspecified atom stereocenters. The predicted octanol–water partition coefficient (Wildman–Crippen LogP) is 1.95. The number of para-hydroxylation sites is 1. The minimum atomic E-state index is 0.0359. The van der Waals surface area contributed by atoms with E-state index in [2.05, 4.69) is 15.5 Å². The molecule has 0 aliphatic heterocycles. The van der Waals surface area contributed by atoms with Crippen LogP contribution in [0, 0.1) is 10.7 Å². The molecule has 3 rings (SSSR count). The molecule has 122 valence electrons. The Morgan fingerprint density at radius 1 is 1.52 bits per heavy atom. The van der Waals surface area contributed by atoms with Gasteiger partial charge in [0.05, 0.1) is 7.11 Å². The quantitative estimate of drug-likeness (QED) is 0.793. The summed E-state index contributed by atoms with van der Waals surface area (Å²) in [4.78, 5) is 12.3. The van der Waals surface area contributed by atoms with Crippen LogP contribution in [0.5, 0.6) is 5.75 Å². The zero-order chi connectivity index (χ0) is 16.4. The van der Waals surface area contributed by atoms with Gasteiger partial charge >= 0.3 is 0 Å². The molecule has 1 fully saturated rings. The molecule has 1 heterocycles. The van der Waals surface area contributed by atoms with Crippen LogP contribution in [0.25, 0.3) is 0 Å². The van der Waals surface area contributed by atoms with Gasteiger partial charge in [-0.15, -0.1) is 0 Å². The molecule has 0 radical (unpaired) electrons. The number of aromatic amines is 1. The molecule has 2 aromatic rings. The van der Waals surface area contributed by atoms with E-state index in [0.29, 0.717) is 17.7 Å². The van der Waals surface area contributed by atoms with E-state index in [-0.39, 0.29) is 17.7 Å². The van der Waals surface area contributed by atoms with Crippen molar-refractivity contribution in [2.45, 2.75) is 18.8 Å². The molecular formula is C16H20N4O2S. The van der Waals surface area contributed by atoms with Gasteiger partial charge in [-0.3, -0.25) is 9.89 Å². The summed E-state index contributed by atoms with van der Waals surface area (Å²) in [5.41, 5.74) is 1.12. The fourth-order valence-electron chi connectivity index (χ4n) is 2.83. The Morgan fingerprint density at radius 2 is 2.30 bits per heavy atom. The Balaban J connectivity index is 1.52. The first-order chi connectivity index (χ1) is 11.1. The highest BCUT2D eigenvalue weighted by Crippen LogP contribution is 2.50. The summed E-state index contributed by atoms with van der Waals surface area (Å²) in [5, 5.41) is 9.86. The number of ether oxygens (including phenoxy) is 1. The maximum Gasteiger partial charge on any atom is 0.223 e. The van der Waals surface area contributed by atoms with Crippen LogP contribution in [0.3, 0.4) is 0 Å². The molecule has 1 saturated carbocycles. The predicted molar refractivity (Wildman–Crippen MR) is 88.9 cm³/mol.